The lowest BCUT2D eigenvalue weighted by Crippen LogP contribution is -2.22. The van der Waals surface area contributed by atoms with Crippen molar-refractivity contribution >= 4 is 40.6 Å². The van der Waals surface area contributed by atoms with Crippen molar-refractivity contribution in [3.63, 3.8) is 0 Å². The lowest BCUT2D eigenvalue weighted by molar-refractivity contribution is 0.0885. The van der Waals surface area contributed by atoms with E-state index in [4.69, 9.17) is 9.47 Å². The molecule has 2 aromatic heterocycles. The highest BCUT2D eigenvalue weighted by atomic mass is 79.9. The summed E-state index contributed by atoms with van der Waals surface area (Å²) in [6.07, 6.45) is 6.18. The van der Waals surface area contributed by atoms with Crippen LogP contribution in [0.5, 0.6) is 0 Å². The van der Waals surface area contributed by atoms with Gasteiger partial charge in [-0.15, -0.1) is 0 Å². The Hall–Kier alpha value is -1.11. The van der Waals surface area contributed by atoms with E-state index in [1.807, 2.05) is 18.5 Å². The van der Waals surface area contributed by atoms with E-state index in [1.165, 1.54) is 30.0 Å². The van der Waals surface area contributed by atoms with Gasteiger partial charge in [0, 0.05) is 37.4 Å². The summed E-state index contributed by atoms with van der Waals surface area (Å²) >= 11 is 3.81. The lowest BCUT2D eigenvalue weighted by Gasteiger charge is -2.16. The second-order valence-electron chi connectivity index (χ2n) is 7.90. The van der Waals surface area contributed by atoms with E-state index in [2.05, 4.69) is 51.2 Å². The van der Waals surface area contributed by atoms with Gasteiger partial charge in [-0.3, -0.25) is 4.57 Å². The number of halogens is 1. The minimum atomic E-state index is -1.08. The van der Waals surface area contributed by atoms with Gasteiger partial charge < -0.3 is 9.47 Å². The van der Waals surface area contributed by atoms with E-state index in [0.29, 0.717) is 12.6 Å². The zero-order chi connectivity index (χ0) is 18.0. The Morgan fingerprint density at radius 3 is 2.80 bits per heavy atom. The molecule has 0 spiro atoms. The fourth-order valence-electron chi connectivity index (χ4n) is 2.95. The summed E-state index contributed by atoms with van der Waals surface area (Å²) in [5, 5.41) is 1.15. The van der Waals surface area contributed by atoms with Gasteiger partial charge >= 0.3 is 0 Å². The van der Waals surface area contributed by atoms with Crippen molar-refractivity contribution in [3.8, 4) is 0 Å². The van der Waals surface area contributed by atoms with Crippen LogP contribution in [0.15, 0.2) is 29.2 Å². The molecule has 0 saturated heterocycles. The highest BCUT2D eigenvalue weighted by Crippen LogP contribution is 2.46. The third kappa shape index (κ3) is 4.35. The largest absolute Gasteiger partial charge is 0.504 e. The Morgan fingerprint density at radius 1 is 1.40 bits per heavy atom. The first kappa shape index (κ1) is 18.7. The van der Waals surface area contributed by atoms with Crippen molar-refractivity contribution in [2.45, 2.75) is 45.3 Å². The highest BCUT2D eigenvalue weighted by molar-refractivity contribution is 9.10. The second kappa shape index (κ2) is 7.64. The molecule has 0 atom stereocenters. The van der Waals surface area contributed by atoms with Crippen LogP contribution in [0.2, 0.25) is 25.7 Å². The number of nitrogens with zero attached hydrogens (tertiary/aromatic N) is 2. The number of allylic oxidation sites excluding steroid dienone is 1. The number of methoxy groups -OCH3 is 1. The molecule has 2 aromatic rings. The van der Waals surface area contributed by atoms with E-state index in [0.717, 1.165) is 22.2 Å². The van der Waals surface area contributed by atoms with Crippen LogP contribution < -0.4 is 0 Å². The Bertz CT molecular complexity index is 776. The quantitative estimate of drug-likeness (QED) is 0.319. The molecule has 0 aromatic carbocycles. The third-order valence-corrected chi connectivity index (χ3v) is 7.05. The fraction of sp³-hybridized carbons (Fsp3) is 0.526. The lowest BCUT2D eigenvalue weighted by atomic mass is 10.0. The average molecular weight is 423 g/mol. The van der Waals surface area contributed by atoms with E-state index in [-0.39, 0.29) is 0 Å². The molecule has 0 N–H and O–H groups in total. The summed E-state index contributed by atoms with van der Waals surface area (Å²) in [5.41, 5.74) is 3.41. The van der Waals surface area contributed by atoms with Crippen molar-refractivity contribution in [2.24, 2.45) is 5.92 Å². The van der Waals surface area contributed by atoms with Crippen molar-refractivity contribution in [1.82, 2.24) is 9.55 Å². The summed E-state index contributed by atoms with van der Waals surface area (Å²) in [6.45, 7) is 8.42. The number of aromatic nitrogens is 2. The van der Waals surface area contributed by atoms with E-state index in [9.17, 15) is 0 Å². The van der Waals surface area contributed by atoms with Crippen molar-refractivity contribution < 1.29 is 9.47 Å². The molecule has 3 rings (SSSR count). The molecule has 2 heterocycles. The summed E-state index contributed by atoms with van der Waals surface area (Å²) in [6, 6.07) is 5.29. The van der Waals surface area contributed by atoms with Gasteiger partial charge in [-0.05, 0) is 52.9 Å². The summed E-state index contributed by atoms with van der Waals surface area (Å²) in [5.74, 6) is 0.586. The van der Waals surface area contributed by atoms with Crippen LogP contribution >= 0.6 is 15.9 Å². The van der Waals surface area contributed by atoms with Crippen LogP contribution in [-0.4, -0.2) is 31.3 Å². The molecule has 0 radical (unpaired) electrons. The van der Waals surface area contributed by atoms with Crippen molar-refractivity contribution in [1.29, 1.82) is 0 Å². The third-order valence-electron chi connectivity index (χ3n) is 4.52. The first-order valence-corrected chi connectivity index (χ1v) is 13.4. The van der Waals surface area contributed by atoms with Crippen LogP contribution in [0.4, 0.5) is 0 Å². The topological polar surface area (TPSA) is 36.3 Å². The Kier molecular flexibility index (Phi) is 5.70. The minimum absolute atomic E-state index is 0.517. The maximum atomic E-state index is 5.99. The number of ether oxygens (including phenoxy) is 2. The first-order valence-electron chi connectivity index (χ1n) is 8.86. The molecular formula is C19H27BrN2O2Si. The monoisotopic (exact) mass is 422 g/mol. The maximum absolute atomic E-state index is 5.99. The molecule has 0 bridgehead atoms. The van der Waals surface area contributed by atoms with Gasteiger partial charge in [0.15, 0.2) is 0 Å². The van der Waals surface area contributed by atoms with Gasteiger partial charge in [0.2, 0.25) is 0 Å². The van der Waals surface area contributed by atoms with Crippen LogP contribution in [-0.2, 0) is 16.2 Å². The summed E-state index contributed by atoms with van der Waals surface area (Å²) < 4.78 is 14.5. The Morgan fingerprint density at radius 2 is 2.16 bits per heavy atom. The molecule has 6 heteroatoms. The van der Waals surface area contributed by atoms with Gasteiger partial charge in [0.1, 0.15) is 12.4 Å². The molecule has 0 amide bonds. The molecule has 25 heavy (non-hydrogen) atoms. The van der Waals surface area contributed by atoms with Crippen LogP contribution in [0.25, 0.3) is 16.6 Å². The van der Waals surface area contributed by atoms with Crippen molar-refractivity contribution in [3.05, 3.63) is 34.8 Å². The first-order chi connectivity index (χ1) is 11.9. The van der Waals surface area contributed by atoms with E-state index >= 15 is 0 Å². The smallest absolute Gasteiger partial charge is 0.143 e. The molecule has 0 aliphatic heterocycles. The molecule has 1 aliphatic carbocycles. The number of hydrogen-bond donors (Lipinski definition) is 0. The molecule has 136 valence electrons. The zero-order valence-electron chi connectivity index (χ0n) is 15.5. The average Bonchev–Trinajstić information content (AvgIpc) is 3.35. The summed E-state index contributed by atoms with van der Waals surface area (Å²) in [7, 11) is 0.636. The maximum Gasteiger partial charge on any atom is 0.143 e. The van der Waals surface area contributed by atoms with Gasteiger partial charge in [0.05, 0.1) is 18.0 Å². The van der Waals surface area contributed by atoms with Crippen molar-refractivity contribution in [2.75, 3.05) is 13.7 Å². The second-order valence-corrected chi connectivity index (χ2v) is 14.3. The van der Waals surface area contributed by atoms with E-state index < -0.39 is 8.07 Å². The predicted molar refractivity (Wildman–Crippen MR) is 109 cm³/mol. The molecule has 1 saturated carbocycles. The van der Waals surface area contributed by atoms with Crippen LogP contribution in [0.3, 0.4) is 0 Å². The molecular weight excluding hydrogens is 396 g/mol. The van der Waals surface area contributed by atoms with Gasteiger partial charge in [-0.25, -0.2) is 4.98 Å². The SMILES string of the molecule is COC=C(c1c(Br)n(COCC[Si](C)(C)C)c2ncccc12)C1CC1. The Labute approximate surface area is 159 Å². The molecule has 1 fully saturated rings. The molecule has 4 nitrogen and oxygen atoms in total. The molecule has 0 unspecified atom stereocenters. The highest BCUT2D eigenvalue weighted by Gasteiger charge is 2.31. The zero-order valence-corrected chi connectivity index (χ0v) is 18.1. The number of fused-ring (bicyclic) bond motifs is 1. The van der Waals surface area contributed by atoms with Gasteiger partial charge in [0.25, 0.3) is 0 Å². The van der Waals surface area contributed by atoms with Gasteiger partial charge in [-0.2, -0.15) is 0 Å². The van der Waals surface area contributed by atoms with Gasteiger partial charge in [-0.1, -0.05) is 19.6 Å². The number of hydrogen-bond acceptors (Lipinski definition) is 3. The van der Waals surface area contributed by atoms with E-state index in [1.54, 1.807) is 7.11 Å². The minimum Gasteiger partial charge on any atom is -0.504 e. The molecule has 1 aliphatic rings. The normalized spacial score (nSPS) is 15.8. The Balaban J connectivity index is 1.91. The number of pyridine rings is 1. The summed E-state index contributed by atoms with van der Waals surface area (Å²) in [4.78, 5) is 4.61. The van der Waals surface area contributed by atoms with Crippen LogP contribution in [0.1, 0.15) is 18.4 Å². The number of rotatable bonds is 8. The fourth-order valence-corrected chi connectivity index (χ4v) is 4.42. The standard InChI is InChI=1S/C19H27BrN2O2Si/c1-23-12-16(14-7-8-14)17-15-6-5-9-21-19(15)22(18(17)20)13-24-10-11-25(2,3)4/h5-6,9,12,14H,7-8,10-11,13H2,1-4H3. The van der Waals surface area contributed by atoms with Crippen LogP contribution in [0, 0.1) is 5.92 Å². The predicted octanol–water partition coefficient (Wildman–Crippen LogP) is 5.51.